The number of thiazole rings is 1. The van der Waals surface area contributed by atoms with Gasteiger partial charge in [0.05, 0.1) is 6.54 Å². The first-order chi connectivity index (χ1) is 7.25. The first kappa shape index (κ1) is 10.6. The van der Waals surface area contributed by atoms with E-state index in [4.69, 9.17) is 0 Å². The molecule has 0 unspecified atom stereocenters. The van der Waals surface area contributed by atoms with Gasteiger partial charge in [-0.15, -0.1) is 11.3 Å². The largest absolute Gasteiger partial charge is 0.378 e. The zero-order valence-corrected chi connectivity index (χ0v) is 10.7. The summed E-state index contributed by atoms with van der Waals surface area (Å²) in [6.45, 7) is 2.88. The summed E-state index contributed by atoms with van der Waals surface area (Å²) >= 11 is 5.13. The molecule has 2 nitrogen and oxygen atoms in total. The number of anilines is 1. The first-order valence-corrected chi connectivity index (χ1v) is 6.31. The van der Waals surface area contributed by atoms with Gasteiger partial charge in [0.2, 0.25) is 0 Å². The third-order valence-electron chi connectivity index (χ3n) is 2.11. The molecule has 0 aliphatic carbocycles. The van der Waals surface area contributed by atoms with Crippen LogP contribution in [0.15, 0.2) is 34.2 Å². The predicted molar refractivity (Wildman–Crippen MR) is 68.3 cm³/mol. The lowest BCUT2D eigenvalue weighted by Crippen LogP contribution is -2.00. The van der Waals surface area contributed by atoms with Gasteiger partial charge in [0.1, 0.15) is 5.01 Å². The van der Waals surface area contributed by atoms with E-state index in [1.54, 1.807) is 11.3 Å². The lowest BCUT2D eigenvalue weighted by atomic mass is 10.2. The number of nitrogens with one attached hydrogen (secondary N) is 1. The highest BCUT2D eigenvalue weighted by Gasteiger charge is 2.00. The predicted octanol–water partition coefficient (Wildman–Crippen LogP) is 3.83. The molecule has 2 rings (SSSR count). The molecule has 0 fully saturated rings. The van der Waals surface area contributed by atoms with Gasteiger partial charge < -0.3 is 5.32 Å². The van der Waals surface area contributed by atoms with E-state index < -0.39 is 0 Å². The Morgan fingerprint density at radius 3 is 3.07 bits per heavy atom. The van der Waals surface area contributed by atoms with Crippen LogP contribution in [0.25, 0.3) is 0 Å². The Morgan fingerprint density at radius 2 is 2.33 bits per heavy atom. The van der Waals surface area contributed by atoms with Crippen LogP contribution in [-0.2, 0) is 6.54 Å². The summed E-state index contributed by atoms with van der Waals surface area (Å²) in [7, 11) is 0. The van der Waals surface area contributed by atoms with E-state index in [2.05, 4.69) is 45.3 Å². The molecule has 1 heterocycles. The number of nitrogens with zero attached hydrogens (tertiary/aromatic N) is 1. The van der Waals surface area contributed by atoms with Crippen LogP contribution < -0.4 is 5.32 Å². The van der Waals surface area contributed by atoms with E-state index in [0.29, 0.717) is 0 Å². The van der Waals surface area contributed by atoms with E-state index >= 15 is 0 Å². The van der Waals surface area contributed by atoms with Gasteiger partial charge in [0.25, 0.3) is 0 Å². The molecule has 0 radical (unpaired) electrons. The maximum atomic E-state index is 4.23. The average Bonchev–Trinajstić information content (AvgIpc) is 2.72. The standard InChI is InChI=1S/C11H11BrN2S/c1-8-2-3-9(12)6-10(8)14-7-11-13-4-5-15-11/h2-6,14H,7H2,1H3. The van der Waals surface area contributed by atoms with Gasteiger partial charge in [-0.25, -0.2) is 4.98 Å². The second kappa shape index (κ2) is 4.77. The highest BCUT2D eigenvalue weighted by Crippen LogP contribution is 2.21. The molecule has 1 aromatic heterocycles. The van der Waals surface area contributed by atoms with E-state index in [9.17, 15) is 0 Å². The summed E-state index contributed by atoms with van der Waals surface area (Å²) in [5.74, 6) is 0. The van der Waals surface area contributed by atoms with Crippen molar-refractivity contribution in [2.45, 2.75) is 13.5 Å². The van der Waals surface area contributed by atoms with Crippen LogP contribution in [0.4, 0.5) is 5.69 Å². The van der Waals surface area contributed by atoms with E-state index in [1.165, 1.54) is 5.56 Å². The summed E-state index contributed by atoms with van der Waals surface area (Å²) in [6.07, 6.45) is 1.83. The van der Waals surface area contributed by atoms with Crippen molar-refractivity contribution in [3.8, 4) is 0 Å². The molecule has 4 heteroatoms. The molecule has 15 heavy (non-hydrogen) atoms. The Bertz CT molecular complexity index is 440. The molecule has 0 amide bonds. The molecule has 0 bridgehead atoms. The van der Waals surface area contributed by atoms with Crippen LogP contribution in [0.1, 0.15) is 10.6 Å². The number of halogens is 1. The Labute approximate surface area is 101 Å². The monoisotopic (exact) mass is 282 g/mol. The lowest BCUT2D eigenvalue weighted by Gasteiger charge is -2.08. The van der Waals surface area contributed by atoms with Gasteiger partial charge in [-0.2, -0.15) is 0 Å². The number of hydrogen-bond donors (Lipinski definition) is 1. The second-order valence-electron chi connectivity index (χ2n) is 3.24. The van der Waals surface area contributed by atoms with Crippen LogP contribution in [0.5, 0.6) is 0 Å². The van der Waals surface area contributed by atoms with Gasteiger partial charge in [-0.05, 0) is 24.6 Å². The van der Waals surface area contributed by atoms with Gasteiger partial charge in [0.15, 0.2) is 0 Å². The van der Waals surface area contributed by atoms with E-state index in [0.717, 1.165) is 21.7 Å². The topological polar surface area (TPSA) is 24.9 Å². The van der Waals surface area contributed by atoms with Crippen molar-refractivity contribution in [2.75, 3.05) is 5.32 Å². The molecule has 2 aromatic rings. The third-order valence-corrected chi connectivity index (χ3v) is 3.39. The Hall–Kier alpha value is -0.870. The molecular formula is C11H11BrN2S. The molecule has 78 valence electrons. The Kier molecular flexibility index (Phi) is 3.38. The summed E-state index contributed by atoms with van der Waals surface area (Å²) < 4.78 is 1.09. The zero-order chi connectivity index (χ0) is 10.7. The maximum Gasteiger partial charge on any atom is 0.112 e. The SMILES string of the molecule is Cc1ccc(Br)cc1NCc1nccs1. The van der Waals surface area contributed by atoms with Gasteiger partial charge >= 0.3 is 0 Å². The molecule has 0 spiro atoms. The van der Waals surface area contributed by atoms with E-state index in [1.807, 2.05) is 17.6 Å². The van der Waals surface area contributed by atoms with Crippen LogP contribution in [0.3, 0.4) is 0 Å². The number of rotatable bonds is 3. The molecule has 0 aliphatic rings. The van der Waals surface area contributed by atoms with Crippen molar-refractivity contribution in [3.05, 3.63) is 44.8 Å². The average molecular weight is 283 g/mol. The van der Waals surface area contributed by atoms with Crippen molar-refractivity contribution in [2.24, 2.45) is 0 Å². The summed E-state index contributed by atoms with van der Waals surface area (Å²) in [4.78, 5) is 4.23. The molecule has 0 saturated heterocycles. The summed E-state index contributed by atoms with van der Waals surface area (Å²) in [6, 6.07) is 6.22. The summed E-state index contributed by atoms with van der Waals surface area (Å²) in [5.41, 5.74) is 2.40. The third kappa shape index (κ3) is 2.79. The number of aromatic nitrogens is 1. The molecule has 0 atom stereocenters. The minimum absolute atomic E-state index is 0.787. The quantitative estimate of drug-likeness (QED) is 0.926. The zero-order valence-electron chi connectivity index (χ0n) is 8.33. The second-order valence-corrected chi connectivity index (χ2v) is 5.13. The van der Waals surface area contributed by atoms with E-state index in [-0.39, 0.29) is 0 Å². The fourth-order valence-corrected chi connectivity index (χ4v) is 2.21. The highest BCUT2D eigenvalue weighted by molar-refractivity contribution is 9.10. The van der Waals surface area contributed by atoms with Crippen LogP contribution in [0, 0.1) is 6.92 Å². The number of benzene rings is 1. The molecule has 1 N–H and O–H groups in total. The highest BCUT2D eigenvalue weighted by atomic mass is 79.9. The van der Waals surface area contributed by atoms with Gasteiger partial charge in [-0.1, -0.05) is 22.0 Å². The lowest BCUT2D eigenvalue weighted by molar-refractivity contribution is 1.10. The number of aryl methyl sites for hydroxylation is 1. The van der Waals surface area contributed by atoms with Crippen LogP contribution in [0.2, 0.25) is 0 Å². The molecular weight excluding hydrogens is 272 g/mol. The number of hydrogen-bond acceptors (Lipinski definition) is 3. The molecule has 1 aromatic carbocycles. The minimum atomic E-state index is 0.787. The van der Waals surface area contributed by atoms with Gasteiger partial charge in [0, 0.05) is 21.7 Å². The fourth-order valence-electron chi connectivity index (χ4n) is 1.30. The summed E-state index contributed by atoms with van der Waals surface area (Å²) in [5, 5.41) is 6.47. The normalized spacial score (nSPS) is 10.3. The van der Waals surface area contributed by atoms with Crippen LogP contribution in [-0.4, -0.2) is 4.98 Å². The molecule has 0 saturated carbocycles. The van der Waals surface area contributed by atoms with Gasteiger partial charge in [-0.3, -0.25) is 0 Å². The van der Waals surface area contributed by atoms with Crippen molar-refractivity contribution < 1.29 is 0 Å². The van der Waals surface area contributed by atoms with Crippen molar-refractivity contribution in [3.63, 3.8) is 0 Å². The Morgan fingerprint density at radius 1 is 1.47 bits per heavy atom. The molecule has 0 aliphatic heterocycles. The first-order valence-electron chi connectivity index (χ1n) is 4.64. The maximum absolute atomic E-state index is 4.23. The Balaban J connectivity index is 2.07. The smallest absolute Gasteiger partial charge is 0.112 e. The fraction of sp³-hybridized carbons (Fsp3) is 0.182. The van der Waals surface area contributed by atoms with Crippen molar-refractivity contribution in [1.82, 2.24) is 4.98 Å². The van der Waals surface area contributed by atoms with Crippen LogP contribution >= 0.6 is 27.3 Å². The van der Waals surface area contributed by atoms with Crippen molar-refractivity contribution >= 4 is 33.0 Å². The van der Waals surface area contributed by atoms with Crippen molar-refractivity contribution in [1.29, 1.82) is 0 Å². The minimum Gasteiger partial charge on any atom is -0.378 e.